The van der Waals surface area contributed by atoms with E-state index in [0.29, 0.717) is 16.5 Å². The van der Waals surface area contributed by atoms with Crippen LogP contribution in [0, 0.1) is 6.92 Å². The van der Waals surface area contributed by atoms with Crippen molar-refractivity contribution < 1.29 is 19.1 Å². The average Bonchev–Trinajstić information content (AvgIpc) is 2.78. The van der Waals surface area contributed by atoms with Gasteiger partial charge in [-0.2, -0.15) is 0 Å². The number of carbonyl (C=O) groups excluding carboxylic acids is 2. The van der Waals surface area contributed by atoms with E-state index in [9.17, 15) is 9.59 Å². The van der Waals surface area contributed by atoms with Crippen molar-refractivity contribution in [1.29, 1.82) is 0 Å². The lowest BCUT2D eigenvalue weighted by Gasteiger charge is -2.16. The Balaban J connectivity index is 1.44. The van der Waals surface area contributed by atoms with Gasteiger partial charge >= 0.3 is 0 Å². The van der Waals surface area contributed by atoms with Gasteiger partial charge in [0.05, 0.1) is 0 Å². The van der Waals surface area contributed by atoms with Gasteiger partial charge in [0.2, 0.25) is 0 Å². The molecule has 3 aromatic carbocycles. The molecule has 0 fully saturated rings. The lowest BCUT2D eigenvalue weighted by atomic mass is 10.1. The molecular weight excluding hydrogens is 416 g/mol. The van der Waals surface area contributed by atoms with Gasteiger partial charge in [-0.05, 0) is 60.9 Å². The van der Waals surface area contributed by atoms with Crippen LogP contribution in [0.4, 0.5) is 0 Å². The number of halogens is 1. The summed E-state index contributed by atoms with van der Waals surface area (Å²) in [7, 11) is 0. The van der Waals surface area contributed by atoms with Gasteiger partial charge in [-0.25, -0.2) is 0 Å². The molecule has 2 N–H and O–H groups in total. The van der Waals surface area contributed by atoms with Crippen molar-refractivity contribution in [3.8, 4) is 22.6 Å². The number of rotatable bonds is 7. The Kier molecular flexibility index (Phi) is 7.51. The predicted molar refractivity (Wildman–Crippen MR) is 120 cm³/mol. The topological polar surface area (TPSA) is 76.7 Å². The van der Waals surface area contributed by atoms with Crippen molar-refractivity contribution in [2.24, 2.45) is 0 Å². The predicted octanol–water partition coefficient (Wildman–Crippen LogP) is 4.31. The van der Waals surface area contributed by atoms with Crippen LogP contribution in [0.1, 0.15) is 12.5 Å². The minimum Gasteiger partial charge on any atom is -0.483 e. The molecule has 6 nitrogen and oxygen atoms in total. The van der Waals surface area contributed by atoms with Crippen molar-refractivity contribution in [3.63, 3.8) is 0 Å². The Morgan fingerprint density at radius 1 is 0.935 bits per heavy atom. The minimum atomic E-state index is -0.803. The van der Waals surface area contributed by atoms with Crippen molar-refractivity contribution >= 4 is 23.4 Å². The summed E-state index contributed by atoms with van der Waals surface area (Å²) >= 11 is 5.89. The molecule has 0 aliphatic rings. The monoisotopic (exact) mass is 438 g/mol. The van der Waals surface area contributed by atoms with E-state index in [1.54, 1.807) is 37.3 Å². The largest absolute Gasteiger partial charge is 0.483 e. The maximum Gasteiger partial charge on any atom is 0.279 e. The maximum absolute atomic E-state index is 12.2. The first-order valence-corrected chi connectivity index (χ1v) is 10.1. The van der Waals surface area contributed by atoms with Gasteiger partial charge in [0, 0.05) is 5.02 Å². The van der Waals surface area contributed by atoms with Crippen LogP contribution < -0.4 is 20.3 Å². The Labute approximate surface area is 186 Å². The quantitative estimate of drug-likeness (QED) is 0.539. The van der Waals surface area contributed by atoms with Gasteiger partial charge in [-0.15, -0.1) is 0 Å². The van der Waals surface area contributed by atoms with Crippen LogP contribution >= 0.6 is 11.6 Å². The number of benzene rings is 3. The first kappa shape index (κ1) is 22.2. The molecule has 0 aliphatic heterocycles. The highest BCUT2D eigenvalue weighted by molar-refractivity contribution is 6.30. The second kappa shape index (κ2) is 10.5. The van der Waals surface area contributed by atoms with E-state index in [0.717, 1.165) is 16.7 Å². The molecule has 31 heavy (non-hydrogen) atoms. The normalized spacial score (nSPS) is 11.3. The zero-order valence-electron chi connectivity index (χ0n) is 17.2. The van der Waals surface area contributed by atoms with Crippen molar-refractivity contribution in [3.05, 3.63) is 83.4 Å². The molecule has 0 radical (unpaired) electrons. The number of amides is 2. The fourth-order valence-electron chi connectivity index (χ4n) is 2.80. The maximum atomic E-state index is 12.2. The van der Waals surface area contributed by atoms with E-state index in [2.05, 4.69) is 10.9 Å². The van der Waals surface area contributed by atoms with Crippen LogP contribution in [0.15, 0.2) is 72.8 Å². The molecule has 0 aromatic heterocycles. The zero-order valence-corrected chi connectivity index (χ0v) is 18.0. The van der Waals surface area contributed by atoms with E-state index >= 15 is 0 Å². The van der Waals surface area contributed by atoms with Crippen LogP contribution in [0.3, 0.4) is 0 Å². The highest BCUT2D eigenvalue weighted by atomic mass is 35.5. The molecule has 0 bridgehead atoms. The molecule has 3 aromatic rings. The van der Waals surface area contributed by atoms with E-state index in [4.69, 9.17) is 21.1 Å². The number of carbonyl (C=O) groups is 2. The molecule has 2 amide bonds. The third-order valence-electron chi connectivity index (χ3n) is 4.46. The zero-order chi connectivity index (χ0) is 22.2. The first-order valence-electron chi connectivity index (χ1n) is 9.72. The lowest BCUT2D eigenvalue weighted by molar-refractivity contribution is -0.133. The first-order chi connectivity index (χ1) is 14.9. The third-order valence-corrected chi connectivity index (χ3v) is 4.70. The average molecular weight is 439 g/mol. The molecule has 0 saturated heterocycles. The fraction of sp³-hybridized carbons (Fsp3) is 0.167. The van der Waals surface area contributed by atoms with Gasteiger partial charge in [0.1, 0.15) is 11.5 Å². The molecular formula is C24H23ClN2O4. The third kappa shape index (κ3) is 6.49. The summed E-state index contributed by atoms with van der Waals surface area (Å²) in [6.45, 7) is 3.17. The molecule has 0 aliphatic carbocycles. The molecule has 1 unspecified atom stereocenters. The molecule has 7 heteroatoms. The standard InChI is InChI=1S/C24H23ClN2O4/c1-16-14-20(25)10-13-22(16)30-15-23(28)26-27-24(29)17(2)31-21-11-8-19(9-12-21)18-6-4-3-5-7-18/h3-14,17H,15H2,1-2H3,(H,26,28)(H,27,29). The second-order valence-corrected chi connectivity index (χ2v) is 7.32. The van der Waals surface area contributed by atoms with Crippen molar-refractivity contribution in [2.75, 3.05) is 6.61 Å². The van der Waals surface area contributed by atoms with Gasteiger partial charge in [-0.1, -0.05) is 54.1 Å². The number of hydrogen-bond donors (Lipinski definition) is 2. The second-order valence-electron chi connectivity index (χ2n) is 6.89. The summed E-state index contributed by atoms with van der Waals surface area (Å²) in [6, 6.07) is 22.5. The molecule has 0 heterocycles. The number of hydrogen-bond acceptors (Lipinski definition) is 4. The Bertz CT molecular complexity index is 1040. The minimum absolute atomic E-state index is 0.251. The number of hydrazine groups is 1. The van der Waals surface area contributed by atoms with Gasteiger partial charge < -0.3 is 9.47 Å². The number of ether oxygens (including phenoxy) is 2. The smallest absolute Gasteiger partial charge is 0.279 e. The summed E-state index contributed by atoms with van der Waals surface area (Å²) in [5, 5.41) is 0.588. The summed E-state index contributed by atoms with van der Waals surface area (Å²) < 4.78 is 11.1. The molecule has 160 valence electrons. The SMILES string of the molecule is Cc1cc(Cl)ccc1OCC(=O)NNC(=O)C(C)Oc1ccc(-c2ccccc2)cc1. The molecule has 0 spiro atoms. The van der Waals surface area contributed by atoms with Gasteiger partial charge in [-0.3, -0.25) is 20.4 Å². The molecule has 1 atom stereocenters. The van der Waals surface area contributed by atoms with Crippen LogP contribution in [-0.2, 0) is 9.59 Å². The highest BCUT2D eigenvalue weighted by Crippen LogP contribution is 2.23. The number of nitrogens with one attached hydrogen (secondary N) is 2. The Morgan fingerprint density at radius 2 is 1.61 bits per heavy atom. The van der Waals surface area contributed by atoms with Crippen molar-refractivity contribution in [1.82, 2.24) is 10.9 Å². The van der Waals surface area contributed by atoms with E-state index < -0.39 is 17.9 Å². The summed E-state index contributed by atoms with van der Waals surface area (Å²) in [5.41, 5.74) is 7.60. The van der Waals surface area contributed by atoms with E-state index in [1.165, 1.54) is 0 Å². The molecule has 3 rings (SSSR count). The van der Waals surface area contributed by atoms with E-state index in [-0.39, 0.29) is 6.61 Å². The highest BCUT2D eigenvalue weighted by Gasteiger charge is 2.16. The van der Waals surface area contributed by atoms with Crippen LogP contribution in [0.2, 0.25) is 5.02 Å². The number of aryl methyl sites for hydroxylation is 1. The van der Waals surface area contributed by atoms with Crippen molar-refractivity contribution in [2.45, 2.75) is 20.0 Å². The van der Waals surface area contributed by atoms with Crippen LogP contribution in [0.25, 0.3) is 11.1 Å². The Morgan fingerprint density at radius 3 is 2.29 bits per heavy atom. The molecule has 0 saturated carbocycles. The van der Waals surface area contributed by atoms with E-state index in [1.807, 2.05) is 49.4 Å². The fourth-order valence-corrected chi connectivity index (χ4v) is 3.03. The summed E-state index contributed by atoms with van der Waals surface area (Å²) in [4.78, 5) is 24.1. The summed E-state index contributed by atoms with van der Waals surface area (Å²) in [6.07, 6.45) is -0.803. The lowest BCUT2D eigenvalue weighted by Crippen LogP contribution is -2.48. The summed E-state index contributed by atoms with van der Waals surface area (Å²) in [5.74, 6) is 0.113. The van der Waals surface area contributed by atoms with Gasteiger partial charge in [0.15, 0.2) is 12.7 Å². The van der Waals surface area contributed by atoms with Gasteiger partial charge in [0.25, 0.3) is 11.8 Å². The Hall–Kier alpha value is -3.51. The van der Waals surface area contributed by atoms with Crippen LogP contribution in [-0.4, -0.2) is 24.5 Å². The van der Waals surface area contributed by atoms with Crippen LogP contribution in [0.5, 0.6) is 11.5 Å².